The Bertz CT molecular complexity index is 1600. The Morgan fingerprint density at radius 3 is 2.56 bits per heavy atom. The van der Waals surface area contributed by atoms with E-state index in [1.165, 1.54) is 12.7 Å². The number of pyridine rings is 1. The van der Waals surface area contributed by atoms with Gasteiger partial charge in [0.1, 0.15) is 0 Å². The summed E-state index contributed by atoms with van der Waals surface area (Å²) < 4.78 is 4.93. The zero-order valence-corrected chi connectivity index (χ0v) is 22.9. The van der Waals surface area contributed by atoms with Crippen LogP contribution in [0.15, 0.2) is 91.3 Å². The molecule has 1 aliphatic carbocycles. The van der Waals surface area contributed by atoms with Crippen LogP contribution in [0.4, 0.5) is 0 Å². The molecule has 1 saturated carbocycles. The quantitative estimate of drug-likeness (QED) is 0.325. The number of benzene rings is 3. The average molecular weight is 546 g/mol. The van der Waals surface area contributed by atoms with Gasteiger partial charge in [0.05, 0.1) is 18.2 Å². The summed E-state index contributed by atoms with van der Waals surface area (Å²) in [6.45, 7) is 1.37. The number of methoxy groups -OCH3 is 1. The van der Waals surface area contributed by atoms with Gasteiger partial charge in [-0.2, -0.15) is 0 Å². The van der Waals surface area contributed by atoms with E-state index in [1.54, 1.807) is 30.6 Å². The molecule has 2 heterocycles. The number of esters is 1. The van der Waals surface area contributed by atoms with E-state index in [0.717, 1.165) is 34.2 Å². The van der Waals surface area contributed by atoms with Crippen LogP contribution in [-0.4, -0.2) is 41.3 Å². The van der Waals surface area contributed by atoms with Gasteiger partial charge in [-0.3, -0.25) is 14.6 Å². The van der Waals surface area contributed by atoms with Crippen molar-refractivity contribution in [1.82, 2.24) is 15.2 Å². The number of hydrogen-bond acceptors (Lipinski definition) is 5. The Hall–Kier alpha value is -4.78. The minimum atomic E-state index is -0.387. The molecule has 0 radical (unpaired) electrons. The van der Waals surface area contributed by atoms with Gasteiger partial charge in [-0.1, -0.05) is 54.6 Å². The van der Waals surface area contributed by atoms with Gasteiger partial charge in [0, 0.05) is 37.9 Å². The van der Waals surface area contributed by atoms with Crippen molar-refractivity contribution in [2.24, 2.45) is 5.92 Å². The molecule has 1 aromatic heterocycles. The first-order valence-electron chi connectivity index (χ1n) is 13.9. The maximum absolute atomic E-state index is 13.3. The second-order valence-corrected chi connectivity index (χ2v) is 10.6. The molecule has 1 aliphatic heterocycles. The van der Waals surface area contributed by atoms with Crippen molar-refractivity contribution >= 4 is 17.8 Å². The van der Waals surface area contributed by atoms with Crippen LogP contribution in [0.5, 0.6) is 0 Å². The average Bonchev–Trinajstić information content (AvgIpc) is 3.85. The summed E-state index contributed by atoms with van der Waals surface area (Å²) in [5.74, 6) is -0.149. The van der Waals surface area contributed by atoms with Crippen LogP contribution in [0, 0.1) is 5.92 Å². The standard InChI is InChI=1S/C34H31N3O4/c1-41-34(40)24-10-5-9-23(17-24)27-13-12-25(20-36-32(38)30-18-29(30)22-7-3-2-4-8-22)31-21-37(16-14-28(27)31)33(39)26-11-6-15-35-19-26/h2-13,15,17,19,29-30H,14,16,18,20-21H2,1H3,(H,36,38)/t29-,30+/m0/s1. The van der Waals surface area contributed by atoms with Gasteiger partial charge in [0.2, 0.25) is 5.91 Å². The summed E-state index contributed by atoms with van der Waals surface area (Å²) in [6, 6.07) is 25.2. The fraction of sp³-hybridized carbons (Fsp3) is 0.235. The number of rotatable bonds is 7. The van der Waals surface area contributed by atoms with Crippen molar-refractivity contribution in [3.05, 3.63) is 125 Å². The van der Waals surface area contributed by atoms with Gasteiger partial charge in [0.15, 0.2) is 0 Å². The highest BCUT2D eigenvalue weighted by atomic mass is 16.5. The summed E-state index contributed by atoms with van der Waals surface area (Å²) in [4.78, 5) is 44.6. The number of carbonyl (C=O) groups is 3. The van der Waals surface area contributed by atoms with E-state index in [0.29, 0.717) is 37.2 Å². The molecule has 3 aromatic carbocycles. The third-order valence-corrected chi connectivity index (χ3v) is 8.11. The van der Waals surface area contributed by atoms with Crippen LogP contribution in [0.3, 0.4) is 0 Å². The Kier molecular flexibility index (Phi) is 7.33. The fourth-order valence-electron chi connectivity index (χ4n) is 5.82. The Morgan fingerprint density at radius 2 is 1.78 bits per heavy atom. The number of amides is 2. The molecule has 7 nitrogen and oxygen atoms in total. The third-order valence-electron chi connectivity index (χ3n) is 8.11. The minimum absolute atomic E-state index is 0.0165. The molecule has 206 valence electrons. The van der Waals surface area contributed by atoms with E-state index in [1.807, 2.05) is 47.4 Å². The Balaban J connectivity index is 1.28. The smallest absolute Gasteiger partial charge is 0.337 e. The zero-order valence-electron chi connectivity index (χ0n) is 22.9. The van der Waals surface area contributed by atoms with Crippen LogP contribution < -0.4 is 5.32 Å². The molecule has 1 N–H and O–H groups in total. The lowest BCUT2D eigenvalue weighted by Gasteiger charge is -2.32. The molecule has 0 spiro atoms. The van der Waals surface area contributed by atoms with Gasteiger partial charge in [-0.05, 0) is 76.4 Å². The Labute approximate surface area is 239 Å². The van der Waals surface area contributed by atoms with Crippen molar-refractivity contribution in [2.75, 3.05) is 13.7 Å². The zero-order chi connectivity index (χ0) is 28.3. The second-order valence-electron chi connectivity index (χ2n) is 10.6. The molecule has 2 atom stereocenters. The molecule has 0 unspecified atom stereocenters. The monoisotopic (exact) mass is 545 g/mol. The first-order valence-corrected chi connectivity index (χ1v) is 13.9. The molecule has 2 aliphatic rings. The van der Waals surface area contributed by atoms with E-state index in [4.69, 9.17) is 4.74 Å². The van der Waals surface area contributed by atoms with E-state index in [9.17, 15) is 14.4 Å². The number of carbonyl (C=O) groups excluding carboxylic acids is 3. The van der Waals surface area contributed by atoms with Gasteiger partial charge in [-0.15, -0.1) is 0 Å². The van der Waals surface area contributed by atoms with Crippen LogP contribution in [0.1, 0.15) is 55.3 Å². The maximum atomic E-state index is 13.3. The van der Waals surface area contributed by atoms with E-state index < -0.39 is 0 Å². The lowest BCUT2D eigenvalue weighted by atomic mass is 9.87. The van der Waals surface area contributed by atoms with Crippen molar-refractivity contribution in [2.45, 2.75) is 31.8 Å². The lowest BCUT2D eigenvalue weighted by Crippen LogP contribution is -2.37. The van der Waals surface area contributed by atoms with Gasteiger partial charge in [0.25, 0.3) is 5.91 Å². The predicted octanol–water partition coefficient (Wildman–Crippen LogP) is 5.15. The summed E-state index contributed by atoms with van der Waals surface area (Å²) in [5.41, 5.74) is 7.31. The molecule has 4 aromatic rings. The first kappa shape index (κ1) is 26.4. The Morgan fingerprint density at radius 1 is 0.951 bits per heavy atom. The maximum Gasteiger partial charge on any atom is 0.337 e. The molecule has 2 amide bonds. The largest absolute Gasteiger partial charge is 0.465 e. The molecule has 0 saturated heterocycles. The van der Waals surface area contributed by atoms with Crippen molar-refractivity contribution < 1.29 is 19.1 Å². The molecule has 0 bridgehead atoms. The first-order chi connectivity index (χ1) is 20.0. The van der Waals surface area contributed by atoms with Crippen LogP contribution in [0.2, 0.25) is 0 Å². The minimum Gasteiger partial charge on any atom is -0.465 e. The number of nitrogens with zero attached hydrogens (tertiary/aromatic N) is 2. The summed E-state index contributed by atoms with van der Waals surface area (Å²) in [5, 5.41) is 3.16. The van der Waals surface area contributed by atoms with Crippen LogP contribution in [-0.2, 0) is 29.0 Å². The molecule has 41 heavy (non-hydrogen) atoms. The number of nitrogens with one attached hydrogen (secondary N) is 1. The predicted molar refractivity (Wildman–Crippen MR) is 155 cm³/mol. The van der Waals surface area contributed by atoms with Crippen molar-refractivity contribution in [3.8, 4) is 11.1 Å². The molecule has 7 heteroatoms. The van der Waals surface area contributed by atoms with E-state index in [-0.39, 0.29) is 29.6 Å². The molecular weight excluding hydrogens is 514 g/mol. The topological polar surface area (TPSA) is 88.6 Å². The lowest BCUT2D eigenvalue weighted by molar-refractivity contribution is -0.122. The van der Waals surface area contributed by atoms with Gasteiger partial charge >= 0.3 is 5.97 Å². The molecular formula is C34H31N3O4. The highest BCUT2D eigenvalue weighted by molar-refractivity contribution is 5.94. The molecule has 1 fully saturated rings. The van der Waals surface area contributed by atoms with Crippen LogP contribution >= 0.6 is 0 Å². The highest BCUT2D eigenvalue weighted by Gasteiger charge is 2.43. The van der Waals surface area contributed by atoms with Gasteiger partial charge < -0.3 is 15.0 Å². The third kappa shape index (κ3) is 5.48. The van der Waals surface area contributed by atoms with E-state index in [2.05, 4.69) is 28.5 Å². The normalized spacial score (nSPS) is 17.3. The fourth-order valence-corrected chi connectivity index (χ4v) is 5.82. The number of aromatic nitrogens is 1. The van der Waals surface area contributed by atoms with Crippen molar-refractivity contribution in [3.63, 3.8) is 0 Å². The number of ether oxygens (including phenoxy) is 1. The SMILES string of the molecule is COC(=O)c1cccc(-c2ccc(CNC(=O)[C@@H]3C[C@H]3c3ccccc3)c3c2CCN(C(=O)c2cccnc2)C3)c1. The number of hydrogen-bond donors (Lipinski definition) is 1. The second kappa shape index (κ2) is 11.4. The summed E-state index contributed by atoms with van der Waals surface area (Å²) in [6.07, 6.45) is 4.75. The number of fused-ring (bicyclic) bond motifs is 1. The van der Waals surface area contributed by atoms with Crippen molar-refractivity contribution in [1.29, 1.82) is 0 Å². The summed E-state index contributed by atoms with van der Waals surface area (Å²) in [7, 11) is 1.37. The van der Waals surface area contributed by atoms with E-state index >= 15 is 0 Å². The summed E-state index contributed by atoms with van der Waals surface area (Å²) >= 11 is 0. The molecule has 6 rings (SSSR count). The highest BCUT2D eigenvalue weighted by Crippen LogP contribution is 2.47. The van der Waals surface area contributed by atoms with Crippen LogP contribution in [0.25, 0.3) is 11.1 Å². The van der Waals surface area contributed by atoms with Gasteiger partial charge in [-0.25, -0.2) is 4.79 Å².